The maximum Gasteiger partial charge on any atom is 0.245 e. The number of anilines is 2. The van der Waals surface area contributed by atoms with Gasteiger partial charge in [-0.2, -0.15) is 0 Å². The molecule has 1 heterocycles. The van der Waals surface area contributed by atoms with Gasteiger partial charge in [0.1, 0.15) is 11.2 Å². The van der Waals surface area contributed by atoms with Crippen molar-refractivity contribution in [3.05, 3.63) is 23.8 Å². The fourth-order valence-electron chi connectivity index (χ4n) is 2.13. The average Bonchev–Trinajstić information content (AvgIpc) is 2.23. The standard InChI is InChI=1S/C12H15F2N3O/c1-12(2)11(18)16-3-4-17(12)10-8(13)5-7(15)6-9(10)14/h5-6H,3-4,15H2,1-2H3,(H,16,18). The van der Waals surface area contributed by atoms with Crippen LogP contribution in [0.2, 0.25) is 0 Å². The Kier molecular flexibility index (Phi) is 2.88. The van der Waals surface area contributed by atoms with Crippen LogP contribution in [0.25, 0.3) is 0 Å². The zero-order valence-electron chi connectivity index (χ0n) is 10.3. The maximum atomic E-state index is 13.9. The van der Waals surface area contributed by atoms with Gasteiger partial charge in [0.15, 0.2) is 11.6 Å². The van der Waals surface area contributed by atoms with E-state index in [9.17, 15) is 13.6 Å². The summed E-state index contributed by atoms with van der Waals surface area (Å²) in [5.74, 6) is -1.77. The van der Waals surface area contributed by atoms with Crippen molar-refractivity contribution in [1.29, 1.82) is 0 Å². The molecule has 4 nitrogen and oxygen atoms in total. The van der Waals surface area contributed by atoms with E-state index in [0.717, 1.165) is 12.1 Å². The van der Waals surface area contributed by atoms with Crippen molar-refractivity contribution in [2.75, 3.05) is 23.7 Å². The zero-order chi connectivity index (χ0) is 13.5. The van der Waals surface area contributed by atoms with Gasteiger partial charge in [-0.1, -0.05) is 0 Å². The minimum absolute atomic E-state index is 0.0213. The molecule has 1 fully saturated rings. The first-order chi connectivity index (χ1) is 8.34. The summed E-state index contributed by atoms with van der Waals surface area (Å²) in [5, 5.41) is 2.67. The first kappa shape index (κ1) is 12.6. The van der Waals surface area contributed by atoms with E-state index in [2.05, 4.69) is 5.32 Å². The normalized spacial score (nSPS) is 18.7. The Morgan fingerprint density at radius 1 is 1.33 bits per heavy atom. The van der Waals surface area contributed by atoms with Gasteiger partial charge in [-0.3, -0.25) is 4.79 Å². The number of benzene rings is 1. The van der Waals surface area contributed by atoms with Crippen LogP contribution >= 0.6 is 0 Å². The summed E-state index contributed by atoms with van der Waals surface area (Å²) in [6, 6.07) is 2.11. The van der Waals surface area contributed by atoms with E-state index < -0.39 is 17.2 Å². The predicted octanol–water partition coefficient (Wildman–Crippen LogP) is 1.26. The van der Waals surface area contributed by atoms with Crippen LogP contribution in [0.15, 0.2) is 12.1 Å². The maximum absolute atomic E-state index is 13.9. The highest BCUT2D eigenvalue weighted by Gasteiger charge is 2.40. The minimum atomic E-state index is -1.00. The number of carbonyl (C=O) groups is 1. The van der Waals surface area contributed by atoms with Gasteiger partial charge in [-0.25, -0.2) is 8.78 Å². The topological polar surface area (TPSA) is 58.4 Å². The fraction of sp³-hybridized carbons (Fsp3) is 0.417. The number of halogens is 2. The number of carbonyl (C=O) groups excluding carboxylic acids is 1. The highest BCUT2D eigenvalue weighted by atomic mass is 19.1. The Morgan fingerprint density at radius 2 is 1.89 bits per heavy atom. The van der Waals surface area contributed by atoms with Gasteiger partial charge in [-0.05, 0) is 26.0 Å². The molecule has 0 unspecified atom stereocenters. The van der Waals surface area contributed by atoms with Crippen LogP contribution in [0.4, 0.5) is 20.2 Å². The van der Waals surface area contributed by atoms with Crippen molar-refractivity contribution in [3.8, 4) is 0 Å². The van der Waals surface area contributed by atoms with Crippen LogP contribution in [0.1, 0.15) is 13.8 Å². The smallest absolute Gasteiger partial charge is 0.245 e. The number of hydrogen-bond acceptors (Lipinski definition) is 3. The van der Waals surface area contributed by atoms with Crippen molar-refractivity contribution in [2.24, 2.45) is 0 Å². The summed E-state index contributed by atoms with van der Waals surface area (Å²) >= 11 is 0. The van der Waals surface area contributed by atoms with E-state index in [0.29, 0.717) is 13.1 Å². The van der Waals surface area contributed by atoms with Gasteiger partial charge in [0, 0.05) is 18.8 Å². The molecule has 98 valence electrons. The summed E-state index contributed by atoms with van der Waals surface area (Å²) < 4.78 is 27.7. The lowest BCUT2D eigenvalue weighted by Crippen LogP contribution is -2.62. The molecule has 0 aromatic heterocycles. The van der Waals surface area contributed by atoms with E-state index in [4.69, 9.17) is 5.73 Å². The number of nitrogens with two attached hydrogens (primary N) is 1. The highest BCUT2D eigenvalue weighted by Crippen LogP contribution is 2.32. The van der Waals surface area contributed by atoms with Gasteiger partial charge in [0.05, 0.1) is 0 Å². The third-order valence-corrected chi connectivity index (χ3v) is 3.16. The van der Waals surface area contributed by atoms with E-state index >= 15 is 0 Å². The lowest BCUT2D eigenvalue weighted by Gasteiger charge is -2.42. The van der Waals surface area contributed by atoms with E-state index in [-0.39, 0.29) is 17.3 Å². The van der Waals surface area contributed by atoms with Gasteiger partial charge >= 0.3 is 0 Å². The minimum Gasteiger partial charge on any atom is -0.399 e. The second-order valence-corrected chi connectivity index (χ2v) is 4.80. The SMILES string of the molecule is CC1(C)C(=O)NCCN1c1c(F)cc(N)cc1F. The monoisotopic (exact) mass is 255 g/mol. The van der Waals surface area contributed by atoms with Crippen molar-refractivity contribution < 1.29 is 13.6 Å². The second-order valence-electron chi connectivity index (χ2n) is 4.80. The second kappa shape index (κ2) is 4.12. The molecule has 6 heteroatoms. The van der Waals surface area contributed by atoms with Crippen LogP contribution in [0, 0.1) is 11.6 Å². The van der Waals surface area contributed by atoms with Crippen LogP contribution in [-0.4, -0.2) is 24.5 Å². The Hall–Kier alpha value is -1.85. The molecule has 1 saturated heterocycles. The third kappa shape index (κ3) is 1.87. The quantitative estimate of drug-likeness (QED) is 0.743. The molecule has 0 spiro atoms. The molecule has 1 aliphatic heterocycles. The van der Waals surface area contributed by atoms with Crippen LogP contribution in [0.5, 0.6) is 0 Å². The fourth-order valence-corrected chi connectivity index (χ4v) is 2.13. The summed E-state index contributed by atoms with van der Waals surface area (Å²) in [7, 11) is 0. The summed E-state index contributed by atoms with van der Waals surface area (Å²) in [5.41, 5.74) is 4.19. The summed E-state index contributed by atoms with van der Waals surface area (Å²) in [6.45, 7) is 3.94. The lowest BCUT2D eigenvalue weighted by molar-refractivity contribution is -0.126. The van der Waals surface area contributed by atoms with E-state index in [1.165, 1.54) is 4.90 Å². The molecule has 0 radical (unpaired) electrons. The van der Waals surface area contributed by atoms with Crippen molar-refractivity contribution >= 4 is 17.3 Å². The van der Waals surface area contributed by atoms with Gasteiger partial charge < -0.3 is 16.0 Å². The van der Waals surface area contributed by atoms with Crippen molar-refractivity contribution in [1.82, 2.24) is 5.32 Å². The Bertz CT molecular complexity index is 479. The van der Waals surface area contributed by atoms with Crippen molar-refractivity contribution in [3.63, 3.8) is 0 Å². The summed E-state index contributed by atoms with van der Waals surface area (Å²) in [6.07, 6.45) is 0. The molecule has 1 aromatic carbocycles. The molecule has 0 aliphatic carbocycles. The molecule has 0 saturated carbocycles. The molecular formula is C12H15F2N3O. The van der Waals surface area contributed by atoms with Gasteiger partial charge in [-0.15, -0.1) is 0 Å². The van der Waals surface area contributed by atoms with Crippen molar-refractivity contribution in [2.45, 2.75) is 19.4 Å². The molecule has 3 N–H and O–H groups in total. The zero-order valence-corrected chi connectivity index (χ0v) is 10.3. The summed E-state index contributed by atoms with van der Waals surface area (Å²) in [4.78, 5) is 13.2. The van der Waals surface area contributed by atoms with E-state index in [1.807, 2.05) is 0 Å². The first-order valence-electron chi connectivity index (χ1n) is 5.64. The first-order valence-corrected chi connectivity index (χ1v) is 5.64. The number of amides is 1. The molecular weight excluding hydrogens is 240 g/mol. The Morgan fingerprint density at radius 3 is 2.44 bits per heavy atom. The number of nitrogens with one attached hydrogen (secondary N) is 1. The Balaban J connectivity index is 2.51. The van der Waals surface area contributed by atoms with E-state index in [1.54, 1.807) is 13.8 Å². The molecule has 18 heavy (non-hydrogen) atoms. The lowest BCUT2D eigenvalue weighted by atomic mass is 9.97. The molecule has 1 amide bonds. The molecule has 1 aliphatic rings. The number of nitrogens with zero attached hydrogens (tertiary/aromatic N) is 1. The number of hydrogen-bond donors (Lipinski definition) is 2. The molecule has 0 bridgehead atoms. The number of nitrogen functional groups attached to an aromatic ring is 1. The van der Waals surface area contributed by atoms with Crippen LogP contribution in [-0.2, 0) is 4.79 Å². The number of piperazine rings is 1. The third-order valence-electron chi connectivity index (χ3n) is 3.16. The number of rotatable bonds is 1. The van der Waals surface area contributed by atoms with Crippen LogP contribution < -0.4 is 16.0 Å². The predicted molar refractivity (Wildman–Crippen MR) is 65.2 cm³/mol. The molecule has 1 aromatic rings. The Labute approximate surface area is 104 Å². The average molecular weight is 255 g/mol. The molecule has 0 atom stereocenters. The van der Waals surface area contributed by atoms with Gasteiger partial charge in [0.2, 0.25) is 5.91 Å². The molecule has 2 rings (SSSR count). The largest absolute Gasteiger partial charge is 0.399 e. The highest BCUT2D eigenvalue weighted by molar-refractivity contribution is 5.90. The van der Waals surface area contributed by atoms with Gasteiger partial charge in [0.25, 0.3) is 0 Å². The van der Waals surface area contributed by atoms with Crippen LogP contribution in [0.3, 0.4) is 0 Å².